The molecule has 1 aromatic carbocycles. The molecule has 5 heteroatoms. The van der Waals surface area contributed by atoms with E-state index in [1.165, 1.54) is 11.8 Å². The Labute approximate surface area is 135 Å². The molecule has 2 N–H and O–H groups in total. The van der Waals surface area contributed by atoms with Gasteiger partial charge in [0.25, 0.3) is 0 Å². The average Bonchev–Trinajstić information content (AvgIpc) is 2.69. The minimum absolute atomic E-state index is 0.0183. The fourth-order valence-electron chi connectivity index (χ4n) is 2.48. The molecule has 21 heavy (non-hydrogen) atoms. The van der Waals surface area contributed by atoms with Crippen LogP contribution in [0.5, 0.6) is 5.75 Å². The minimum atomic E-state index is -0.165. The number of phenols is 1. The molecule has 0 radical (unpaired) electrons. The minimum Gasteiger partial charge on any atom is -0.507 e. The molecule has 1 aliphatic heterocycles. The molecule has 114 valence electrons. The maximum absolute atomic E-state index is 11.8. The third-order valence-electron chi connectivity index (χ3n) is 3.66. The first-order chi connectivity index (χ1) is 9.79. The van der Waals surface area contributed by atoms with Gasteiger partial charge in [-0.25, -0.2) is 0 Å². The maximum atomic E-state index is 11.8. The van der Waals surface area contributed by atoms with Crippen molar-refractivity contribution in [1.82, 2.24) is 5.32 Å². The van der Waals surface area contributed by atoms with Gasteiger partial charge in [-0.1, -0.05) is 63.8 Å². The summed E-state index contributed by atoms with van der Waals surface area (Å²) in [6.45, 7) is 8.26. The molecular formula is C16H21NO2S2. The molecule has 1 fully saturated rings. The zero-order valence-electron chi connectivity index (χ0n) is 12.8. The van der Waals surface area contributed by atoms with Crippen LogP contribution in [0, 0.1) is 0 Å². The molecule has 1 saturated heterocycles. The Kier molecular flexibility index (Phi) is 4.94. The fraction of sp³-hybridized carbons (Fsp3) is 0.500. The van der Waals surface area contributed by atoms with Gasteiger partial charge in [-0.2, -0.15) is 0 Å². The highest BCUT2D eigenvalue weighted by atomic mass is 32.2. The van der Waals surface area contributed by atoms with Crippen LogP contribution in [0.3, 0.4) is 0 Å². The summed E-state index contributed by atoms with van der Waals surface area (Å²) in [7, 11) is 0. The molecule has 1 amide bonds. The van der Waals surface area contributed by atoms with Crippen molar-refractivity contribution in [2.24, 2.45) is 0 Å². The van der Waals surface area contributed by atoms with Crippen molar-refractivity contribution in [2.75, 3.05) is 0 Å². The number of thioether (sulfide) groups is 1. The van der Waals surface area contributed by atoms with E-state index in [1.54, 1.807) is 0 Å². The SMILES string of the molecule is CC(C)c1cc(CC2SC(=S)NC2=O)cc(C(C)C)c1O. The Morgan fingerprint density at radius 1 is 1.24 bits per heavy atom. The van der Waals surface area contributed by atoms with Gasteiger partial charge in [0.05, 0.1) is 5.25 Å². The van der Waals surface area contributed by atoms with Gasteiger partial charge in [0.2, 0.25) is 5.91 Å². The summed E-state index contributed by atoms with van der Waals surface area (Å²) in [6.07, 6.45) is 0.635. The van der Waals surface area contributed by atoms with Gasteiger partial charge in [-0.3, -0.25) is 4.79 Å². The highest BCUT2D eigenvalue weighted by Gasteiger charge is 2.29. The Bertz CT molecular complexity index is 553. The highest BCUT2D eigenvalue weighted by Crippen LogP contribution is 2.36. The van der Waals surface area contributed by atoms with Crippen LogP contribution in [0.2, 0.25) is 0 Å². The van der Waals surface area contributed by atoms with Gasteiger partial charge < -0.3 is 10.4 Å². The Morgan fingerprint density at radius 3 is 2.14 bits per heavy atom. The second kappa shape index (κ2) is 6.36. The molecule has 1 aromatic rings. The lowest BCUT2D eigenvalue weighted by Gasteiger charge is -2.18. The van der Waals surface area contributed by atoms with Crippen molar-refractivity contribution < 1.29 is 9.90 Å². The predicted molar refractivity (Wildman–Crippen MR) is 92.1 cm³/mol. The Morgan fingerprint density at radius 2 is 1.76 bits per heavy atom. The summed E-state index contributed by atoms with van der Waals surface area (Å²) in [5.74, 6) is 0.861. The fourth-order valence-corrected chi connectivity index (χ4v) is 3.79. The lowest BCUT2D eigenvalue weighted by atomic mass is 9.90. The number of hydrogen-bond acceptors (Lipinski definition) is 4. The van der Waals surface area contributed by atoms with Crippen molar-refractivity contribution in [3.63, 3.8) is 0 Å². The van der Waals surface area contributed by atoms with Crippen LogP contribution >= 0.6 is 24.0 Å². The molecule has 0 saturated carbocycles. The van der Waals surface area contributed by atoms with Gasteiger partial charge in [-0.15, -0.1) is 0 Å². The molecule has 0 bridgehead atoms. The number of hydrogen-bond donors (Lipinski definition) is 2. The van der Waals surface area contributed by atoms with Gasteiger partial charge >= 0.3 is 0 Å². The second-order valence-corrected chi connectivity index (χ2v) is 7.90. The zero-order valence-corrected chi connectivity index (χ0v) is 14.4. The lowest BCUT2D eigenvalue weighted by Crippen LogP contribution is -2.25. The first-order valence-corrected chi connectivity index (χ1v) is 8.45. The smallest absolute Gasteiger partial charge is 0.239 e. The Hall–Kier alpha value is -1.07. The van der Waals surface area contributed by atoms with Crippen LogP contribution in [0.1, 0.15) is 56.2 Å². The summed E-state index contributed by atoms with van der Waals surface area (Å²) in [4.78, 5) is 11.8. The summed E-state index contributed by atoms with van der Waals surface area (Å²) in [5, 5.41) is 12.9. The van der Waals surface area contributed by atoms with Crippen LogP contribution in [0.25, 0.3) is 0 Å². The maximum Gasteiger partial charge on any atom is 0.239 e. The van der Waals surface area contributed by atoms with E-state index in [4.69, 9.17) is 12.2 Å². The van der Waals surface area contributed by atoms with Gasteiger partial charge in [0.15, 0.2) is 0 Å². The lowest BCUT2D eigenvalue weighted by molar-refractivity contribution is -0.118. The number of thiocarbonyl (C=S) groups is 1. The summed E-state index contributed by atoms with van der Waals surface area (Å²) in [6, 6.07) is 4.03. The van der Waals surface area contributed by atoms with E-state index in [9.17, 15) is 9.90 Å². The van der Waals surface area contributed by atoms with Crippen molar-refractivity contribution in [3.8, 4) is 5.75 Å². The van der Waals surface area contributed by atoms with Gasteiger partial charge in [0.1, 0.15) is 10.1 Å². The van der Waals surface area contributed by atoms with Crippen LogP contribution in [-0.2, 0) is 11.2 Å². The van der Waals surface area contributed by atoms with Gasteiger partial charge in [0, 0.05) is 0 Å². The molecule has 0 aromatic heterocycles. The van der Waals surface area contributed by atoms with Crippen LogP contribution in [0.15, 0.2) is 12.1 Å². The first-order valence-electron chi connectivity index (χ1n) is 7.16. The van der Waals surface area contributed by atoms with E-state index in [-0.39, 0.29) is 23.0 Å². The number of benzene rings is 1. The second-order valence-electron chi connectivity index (χ2n) is 6.02. The largest absolute Gasteiger partial charge is 0.507 e. The number of carbonyl (C=O) groups excluding carboxylic acids is 1. The summed E-state index contributed by atoms with van der Waals surface area (Å²) in [5.41, 5.74) is 2.97. The molecule has 1 atom stereocenters. The van der Waals surface area contributed by atoms with Crippen molar-refractivity contribution in [3.05, 3.63) is 28.8 Å². The third-order valence-corrected chi connectivity index (χ3v) is 5.03. The van der Waals surface area contributed by atoms with E-state index in [0.717, 1.165) is 16.7 Å². The molecule has 3 nitrogen and oxygen atoms in total. The van der Waals surface area contributed by atoms with Crippen LogP contribution in [0.4, 0.5) is 0 Å². The first kappa shape index (κ1) is 16.3. The number of nitrogens with one attached hydrogen (secondary N) is 1. The molecule has 0 aliphatic carbocycles. The normalized spacial score (nSPS) is 18.7. The molecule has 2 rings (SSSR count). The number of carbonyl (C=O) groups is 1. The van der Waals surface area contributed by atoms with Gasteiger partial charge in [-0.05, 0) is 34.9 Å². The van der Waals surface area contributed by atoms with E-state index < -0.39 is 0 Å². The van der Waals surface area contributed by atoms with Crippen molar-refractivity contribution in [1.29, 1.82) is 0 Å². The molecular weight excluding hydrogens is 302 g/mol. The van der Waals surface area contributed by atoms with E-state index in [2.05, 4.69) is 33.0 Å². The number of amides is 1. The van der Waals surface area contributed by atoms with E-state index in [1.807, 2.05) is 12.1 Å². The zero-order chi connectivity index (χ0) is 15.7. The topological polar surface area (TPSA) is 49.3 Å². The summed E-state index contributed by atoms with van der Waals surface area (Å²) >= 11 is 6.45. The quantitative estimate of drug-likeness (QED) is 0.830. The van der Waals surface area contributed by atoms with Crippen molar-refractivity contribution >= 4 is 34.2 Å². The van der Waals surface area contributed by atoms with Crippen LogP contribution < -0.4 is 5.32 Å². The molecule has 1 aliphatic rings. The van der Waals surface area contributed by atoms with Crippen molar-refractivity contribution in [2.45, 2.75) is 51.2 Å². The molecule has 1 unspecified atom stereocenters. The van der Waals surface area contributed by atoms with E-state index >= 15 is 0 Å². The Balaban J connectivity index is 2.35. The van der Waals surface area contributed by atoms with E-state index in [0.29, 0.717) is 16.5 Å². The predicted octanol–water partition coefficient (Wildman–Crippen LogP) is 3.70. The standard InChI is InChI=1S/C16H21NO2S2/c1-8(2)11-5-10(6-12(9(3)4)14(11)18)7-13-15(19)17-16(20)21-13/h5-6,8-9,13,18H,7H2,1-4H3,(H,17,19,20). The molecule has 0 spiro atoms. The summed E-state index contributed by atoms with van der Waals surface area (Å²) < 4.78 is 0.553. The molecule has 1 heterocycles. The number of aromatic hydroxyl groups is 1. The monoisotopic (exact) mass is 323 g/mol. The van der Waals surface area contributed by atoms with Crippen LogP contribution in [-0.4, -0.2) is 20.6 Å². The highest BCUT2D eigenvalue weighted by molar-refractivity contribution is 8.24. The number of phenolic OH excluding ortho intramolecular Hbond substituents is 1. The average molecular weight is 323 g/mol. The number of rotatable bonds is 4. The third kappa shape index (κ3) is 3.58.